The molecule has 0 aromatic heterocycles. The van der Waals surface area contributed by atoms with Crippen molar-refractivity contribution in [2.24, 2.45) is 0 Å². The Labute approximate surface area is 118 Å². The summed E-state index contributed by atoms with van der Waals surface area (Å²) in [6.45, 7) is 5.80. The Balaban J connectivity index is 1.87. The van der Waals surface area contributed by atoms with Crippen molar-refractivity contribution in [3.63, 3.8) is 0 Å². The van der Waals surface area contributed by atoms with Crippen LogP contribution in [0.5, 0.6) is 0 Å². The van der Waals surface area contributed by atoms with Crippen LogP contribution in [0.25, 0.3) is 0 Å². The minimum absolute atomic E-state index is 0.632. The first-order valence-electron chi connectivity index (χ1n) is 7.05. The molecule has 0 spiro atoms. The predicted octanol–water partition coefficient (Wildman–Crippen LogP) is 3.12. The Morgan fingerprint density at radius 2 is 2.28 bits per heavy atom. The summed E-state index contributed by atoms with van der Waals surface area (Å²) < 4.78 is 1.29. The van der Waals surface area contributed by atoms with E-state index < -0.39 is 0 Å². The Morgan fingerprint density at radius 1 is 1.39 bits per heavy atom. The number of nitrogens with zero attached hydrogens (tertiary/aromatic N) is 1. The second-order valence-electron chi connectivity index (χ2n) is 5.34. The van der Waals surface area contributed by atoms with Crippen LogP contribution in [-0.4, -0.2) is 30.6 Å². The summed E-state index contributed by atoms with van der Waals surface area (Å²) in [7, 11) is 0. The molecule has 1 fully saturated rings. The van der Waals surface area contributed by atoms with Gasteiger partial charge < -0.3 is 5.32 Å². The lowest BCUT2D eigenvalue weighted by molar-refractivity contribution is 0.151. The maximum atomic E-state index is 3.70. The van der Waals surface area contributed by atoms with E-state index in [1.165, 1.54) is 35.8 Å². The quantitative estimate of drug-likeness (QED) is 0.923. The van der Waals surface area contributed by atoms with Crippen molar-refractivity contribution in [3.05, 3.63) is 33.8 Å². The summed E-state index contributed by atoms with van der Waals surface area (Å²) in [6.07, 6.45) is 3.80. The third-order valence-electron chi connectivity index (χ3n) is 4.45. The lowest BCUT2D eigenvalue weighted by Gasteiger charge is -2.33. The average Bonchev–Trinajstić information content (AvgIpc) is 3.01. The molecule has 2 atom stereocenters. The van der Waals surface area contributed by atoms with Crippen molar-refractivity contribution >= 4 is 15.9 Å². The maximum Gasteiger partial charge on any atom is 0.0357 e. The Bertz CT molecular complexity index is 427. The Hall–Kier alpha value is -0.380. The Kier molecular flexibility index (Phi) is 3.73. The van der Waals surface area contributed by atoms with Crippen molar-refractivity contribution in [1.82, 2.24) is 10.2 Å². The van der Waals surface area contributed by atoms with Crippen LogP contribution in [0.15, 0.2) is 22.7 Å². The molecular formula is C15H21BrN2. The van der Waals surface area contributed by atoms with Gasteiger partial charge in [0.2, 0.25) is 0 Å². The van der Waals surface area contributed by atoms with Crippen LogP contribution in [0.3, 0.4) is 0 Å². The van der Waals surface area contributed by atoms with E-state index in [9.17, 15) is 0 Å². The molecule has 0 saturated carbocycles. The molecule has 2 unspecified atom stereocenters. The van der Waals surface area contributed by atoms with Crippen LogP contribution in [0.1, 0.15) is 36.9 Å². The van der Waals surface area contributed by atoms with Crippen LogP contribution in [0.4, 0.5) is 0 Å². The molecule has 1 aromatic carbocycles. The normalized spacial score (nSPS) is 26.8. The van der Waals surface area contributed by atoms with Crippen molar-refractivity contribution < 1.29 is 0 Å². The second kappa shape index (κ2) is 5.32. The molecule has 0 amide bonds. The first kappa shape index (κ1) is 12.6. The van der Waals surface area contributed by atoms with Gasteiger partial charge in [-0.15, -0.1) is 0 Å². The minimum atomic E-state index is 0.632. The highest BCUT2D eigenvalue weighted by atomic mass is 79.9. The number of halogens is 1. The summed E-state index contributed by atoms with van der Waals surface area (Å²) >= 11 is 3.70. The number of benzene rings is 1. The van der Waals surface area contributed by atoms with Gasteiger partial charge in [-0.1, -0.05) is 35.0 Å². The fourth-order valence-electron chi connectivity index (χ4n) is 3.59. The molecule has 1 N–H and O–H groups in total. The summed E-state index contributed by atoms with van der Waals surface area (Å²) in [5.41, 5.74) is 3.09. The van der Waals surface area contributed by atoms with E-state index in [1.54, 1.807) is 5.56 Å². The van der Waals surface area contributed by atoms with Crippen molar-refractivity contribution in [2.45, 2.75) is 38.3 Å². The molecule has 1 aliphatic heterocycles. The molecule has 3 rings (SSSR count). The van der Waals surface area contributed by atoms with Crippen LogP contribution in [-0.2, 0) is 6.42 Å². The summed E-state index contributed by atoms with van der Waals surface area (Å²) in [4.78, 5) is 2.71. The summed E-state index contributed by atoms with van der Waals surface area (Å²) in [5.74, 6) is 0. The summed E-state index contributed by atoms with van der Waals surface area (Å²) in [5, 5.41) is 3.50. The smallest absolute Gasteiger partial charge is 0.0357 e. The molecule has 1 saturated heterocycles. The van der Waals surface area contributed by atoms with E-state index in [0.29, 0.717) is 6.04 Å². The lowest BCUT2D eigenvalue weighted by Crippen LogP contribution is -2.38. The lowest BCUT2D eigenvalue weighted by atomic mass is 10.0. The highest BCUT2D eigenvalue weighted by molar-refractivity contribution is 9.10. The van der Waals surface area contributed by atoms with Gasteiger partial charge >= 0.3 is 0 Å². The van der Waals surface area contributed by atoms with Gasteiger partial charge in [-0.3, -0.25) is 4.90 Å². The molecule has 1 aliphatic carbocycles. The van der Waals surface area contributed by atoms with E-state index in [1.807, 2.05) is 0 Å². The number of fused-ring (bicyclic) bond motifs is 1. The van der Waals surface area contributed by atoms with Crippen LogP contribution in [0.2, 0.25) is 0 Å². The zero-order valence-electron chi connectivity index (χ0n) is 11.0. The predicted molar refractivity (Wildman–Crippen MR) is 78.9 cm³/mol. The second-order valence-corrected chi connectivity index (χ2v) is 6.19. The molecule has 98 valence electrons. The molecule has 0 bridgehead atoms. The summed E-state index contributed by atoms with van der Waals surface area (Å²) in [6, 6.07) is 8.04. The Morgan fingerprint density at radius 3 is 3.00 bits per heavy atom. The highest BCUT2D eigenvalue weighted by Crippen LogP contribution is 2.40. The number of nitrogens with one attached hydrogen (secondary N) is 1. The molecule has 2 nitrogen and oxygen atoms in total. The fourth-order valence-corrected chi connectivity index (χ4v) is 4.17. The molecule has 2 aliphatic rings. The van der Waals surface area contributed by atoms with E-state index in [2.05, 4.69) is 51.3 Å². The van der Waals surface area contributed by atoms with Gasteiger partial charge in [0.15, 0.2) is 0 Å². The molecular weight excluding hydrogens is 288 g/mol. The highest BCUT2D eigenvalue weighted by Gasteiger charge is 2.33. The van der Waals surface area contributed by atoms with Gasteiger partial charge in [-0.2, -0.15) is 0 Å². The van der Waals surface area contributed by atoms with Gasteiger partial charge in [0.25, 0.3) is 0 Å². The number of hydrogen-bond acceptors (Lipinski definition) is 2. The van der Waals surface area contributed by atoms with Gasteiger partial charge in [0.05, 0.1) is 0 Å². The number of likely N-dealkylation sites (N-methyl/N-ethyl adjacent to an activating group) is 1. The first-order chi connectivity index (χ1) is 8.81. The van der Waals surface area contributed by atoms with E-state index in [-0.39, 0.29) is 0 Å². The number of hydrogen-bond donors (Lipinski definition) is 1. The molecule has 0 radical (unpaired) electrons. The first-order valence-corrected chi connectivity index (χ1v) is 7.84. The van der Waals surface area contributed by atoms with Crippen LogP contribution < -0.4 is 5.32 Å². The molecule has 18 heavy (non-hydrogen) atoms. The van der Waals surface area contributed by atoms with Crippen LogP contribution >= 0.6 is 15.9 Å². The zero-order valence-corrected chi connectivity index (χ0v) is 12.5. The van der Waals surface area contributed by atoms with E-state index >= 15 is 0 Å². The van der Waals surface area contributed by atoms with Crippen LogP contribution in [0, 0.1) is 0 Å². The molecule has 1 heterocycles. The third-order valence-corrected chi connectivity index (χ3v) is 5.19. The topological polar surface area (TPSA) is 15.3 Å². The van der Waals surface area contributed by atoms with Gasteiger partial charge in [0, 0.05) is 23.1 Å². The number of rotatable bonds is 3. The zero-order chi connectivity index (χ0) is 12.5. The maximum absolute atomic E-state index is 3.70. The largest absolute Gasteiger partial charge is 0.315 e. The molecule has 1 aromatic rings. The monoisotopic (exact) mass is 308 g/mol. The van der Waals surface area contributed by atoms with E-state index in [0.717, 1.165) is 19.1 Å². The van der Waals surface area contributed by atoms with Crippen molar-refractivity contribution in [2.75, 3.05) is 19.6 Å². The van der Waals surface area contributed by atoms with Crippen molar-refractivity contribution in [3.8, 4) is 0 Å². The fraction of sp³-hybridized carbons (Fsp3) is 0.600. The van der Waals surface area contributed by atoms with Gasteiger partial charge in [-0.05, 0) is 49.5 Å². The van der Waals surface area contributed by atoms with Gasteiger partial charge in [-0.25, -0.2) is 0 Å². The third kappa shape index (κ3) is 2.13. The average molecular weight is 309 g/mol. The standard InChI is InChI=1S/C15H21BrN2/c1-2-18(11-8-9-17-10-11)15-7-6-12-13(15)4-3-5-14(12)16/h3-5,11,15,17H,2,6-10H2,1H3. The van der Waals surface area contributed by atoms with E-state index in [4.69, 9.17) is 0 Å². The van der Waals surface area contributed by atoms with Crippen molar-refractivity contribution in [1.29, 1.82) is 0 Å². The minimum Gasteiger partial charge on any atom is -0.315 e. The molecule has 3 heteroatoms. The van der Waals surface area contributed by atoms with Gasteiger partial charge in [0.1, 0.15) is 0 Å². The SMILES string of the molecule is CCN(C1CCNC1)C1CCc2c(Br)cccc21.